The first-order chi connectivity index (χ1) is 19.9. The molecule has 5 aromatic carbocycles. The van der Waals surface area contributed by atoms with E-state index in [-0.39, 0.29) is 35.8 Å². The minimum Gasteiger partial charge on any atom is -0.453 e. The van der Waals surface area contributed by atoms with Gasteiger partial charge in [-0.05, 0) is 57.6 Å². The van der Waals surface area contributed by atoms with Crippen molar-refractivity contribution >= 4 is 11.0 Å². The summed E-state index contributed by atoms with van der Waals surface area (Å²) in [6.45, 7) is 2.11. The number of ether oxygens (including phenoxy) is 1. The highest BCUT2D eigenvalue weighted by atomic mass is 16.5. The number of imidazole rings is 1. The third-order valence-electron chi connectivity index (χ3n) is 6.67. The summed E-state index contributed by atoms with van der Waals surface area (Å²) in [4.78, 5) is 4.80. The fourth-order valence-electron chi connectivity index (χ4n) is 4.88. The number of fused-ring (bicyclic) bond motifs is 2. The van der Waals surface area contributed by atoms with E-state index < -0.39 is 0 Å². The molecule has 0 atom stereocenters. The Balaban J connectivity index is 1.19. The van der Waals surface area contributed by atoms with E-state index in [1.165, 1.54) is 0 Å². The Kier molecular flexibility index (Phi) is 3.69. The Morgan fingerprint density at radius 2 is 1.31 bits per heavy atom. The van der Waals surface area contributed by atoms with E-state index in [0.717, 1.165) is 62.7 Å². The molecule has 0 aliphatic carbocycles. The molecule has 36 heavy (non-hydrogen) atoms. The Hall–Kier alpha value is -4.63. The van der Waals surface area contributed by atoms with Crippen LogP contribution < -0.4 is 4.74 Å². The summed E-state index contributed by atoms with van der Waals surface area (Å²) in [6.07, 6.45) is 0.820. The number of rotatable bonds is 4. The summed E-state index contributed by atoms with van der Waals surface area (Å²) in [5, 5.41) is 0. The van der Waals surface area contributed by atoms with Gasteiger partial charge in [-0.1, -0.05) is 97.8 Å². The zero-order valence-corrected chi connectivity index (χ0v) is 19.6. The van der Waals surface area contributed by atoms with Crippen LogP contribution in [0.3, 0.4) is 0 Å². The number of aromatic nitrogens is 2. The highest BCUT2D eigenvalue weighted by Crippen LogP contribution is 2.43. The Morgan fingerprint density at radius 1 is 0.694 bits per heavy atom. The van der Waals surface area contributed by atoms with Gasteiger partial charge >= 0.3 is 0 Å². The van der Waals surface area contributed by atoms with Gasteiger partial charge in [-0.25, -0.2) is 4.98 Å². The minimum atomic E-state index is -0.388. The molecule has 0 fully saturated rings. The van der Waals surface area contributed by atoms with E-state index in [9.17, 15) is 0 Å². The van der Waals surface area contributed by atoms with E-state index in [1.807, 2.05) is 30.3 Å². The summed E-state index contributed by atoms with van der Waals surface area (Å²) in [5.74, 6) is 2.61. The molecular formula is C33H24N2O. The quantitative estimate of drug-likeness (QED) is 0.258. The molecule has 172 valence electrons. The Bertz CT molecular complexity index is 1970. The zero-order chi connectivity index (χ0) is 28.4. The second-order valence-corrected chi connectivity index (χ2v) is 8.78. The van der Waals surface area contributed by atoms with Gasteiger partial charge in [0, 0.05) is 6.42 Å². The van der Waals surface area contributed by atoms with Gasteiger partial charge < -0.3 is 4.74 Å². The van der Waals surface area contributed by atoms with Crippen molar-refractivity contribution in [1.29, 1.82) is 0 Å². The Labute approximate surface area is 217 Å². The number of hydrogen-bond acceptors (Lipinski definition) is 2. The molecule has 0 amide bonds. The fraction of sp³-hybridized carbons (Fsp3) is 0.0606. The van der Waals surface area contributed by atoms with Gasteiger partial charge in [-0.15, -0.1) is 0 Å². The molecule has 2 heterocycles. The van der Waals surface area contributed by atoms with Crippen LogP contribution in [0.25, 0.3) is 50.1 Å². The lowest BCUT2D eigenvalue weighted by atomic mass is 9.98. The smallest absolute Gasteiger partial charge is 0.153 e. The second kappa shape index (κ2) is 8.24. The van der Waals surface area contributed by atoms with E-state index in [1.54, 1.807) is 12.1 Å². The third-order valence-corrected chi connectivity index (χ3v) is 6.67. The van der Waals surface area contributed by atoms with Crippen LogP contribution in [-0.4, -0.2) is 9.55 Å². The Morgan fingerprint density at radius 3 is 1.97 bits per heavy atom. The monoisotopic (exact) mass is 469 g/mol. The predicted octanol–water partition coefficient (Wildman–Crippen LogP) is 8.69. The van der Waals surface area contributed by atoms with Crippen molar-refractivity contribution in [3.8, 4) is 50.6 Å². The molecule has 0 N–H and O–H groups in total. The third kappa shape index (κ3) is 3.32. The molecule has 1 aliphatic heterocycles. The number of nitrogens with zero attached hydrogens (tertiary/aromatic N) is 2. The molecule has 1 aromatic heterocycles. The zero-order valence-electron chi connectivity index (χ0n) is 24.6. The summed E-state index contributed by atoms with van der Waals surface area (Å²) in [7, 11) is 0. The van der Waals surface area contributed by atoms with Crippen LogP contribution in [0.15, 0.2) is 115 Å². The van der Waals surface area contributed by atoms with Crippen LogP contribution >= 0.6 is 0 Å². The van der Waals surface area contributed by atoms with Crippen molar-refractivity contribution in [3.63, 3.8) is 0 Å². The van der Waals surface area contributed by atoms with Crippen LogP contribution in [0.4, 0.5) is 0 Å². The number of aryl methyl sites for hydroxylation is 1. The molecule has 7 rings (SSSR count). The van der Waals surface area contributed by atoms with Crippen LogP contribution in [0.5, 0.6) is 11.5 Å². The van der Waals surface area contributed by atoms with Crippen LogP contribution in [0.2, 0.25) is 0 Å². The van der Waals surface area contributed by atoms with Crippen LogP contribution in [0.1, 0.15) is 19.6 Å². The number of para-hydroxylation sites is 1. The van der Waals surface area contributed by atoms with Gasteiger partial charge in [-0.2, -0.15) is 0 Å². The molecular weight excluding hydrogens is 440 g/mol. The van der Waals surface area contributed by atoms with E-state index in [4.69, 9.17) is 16.6 Å². The van der Waals surface area contributed by atoms with Gasteiger partial charge in [-0.3, -0.25) is 4.57 Å². The summed E-state index contributed by atoms with van der Waals surface area (Å²) >= 11 is 0. The van der Waals surface area contributed by atoms with Crippen LogP contribution in [-0.2, 0) is 6.42 Å². The van der Waals surface area contributed by atoms with Gasteiger partial charge in [0.1, 0.15) is 11.3 Å². The highest BCUT2D eigenvalue weighted by Gasteiger charge is 2.23. The van der Waals surface area contributed by atoms with Crippen molar-refractivity contribution in [3.05, 3.63) is 121 Å². The molecule has 6 aromatic rings. The molecule has 0 saturated carbocycles. The first kappa shape index (κ1) is 16.1. The SMILES string of the molecule is [2H]c1c([2H])c([2H])c(-c2ccc(-c3ccc(-c4ccc5c(c4)Oc4cccc6nc(CC)n-5c46)cc3)cc2)c([2H])c1[2H]. The first-order valence-electron chi connectivity index (χ1n) is 14.5. The molecule has 0 bridgehead atoms. The fourth-order valence-corrected chi connectivity index (χ4v) is 4.88. The number of hydrogen-bond donors (Lipinski definition) is 0. The van der Waals surface area contributed by atoms with E-state index in [2.05, 4.69) is 54.0 Å². The molecule has 0 saturated heterocycles. The average molecular weight is 470 g/mol. The van der Waals surface area contributed by atoms with Gasteiger partial charge in [0.2, 0.25) is 0 Å². The maximum atomic E-state index is 8.24. The lowest BCUT2D eigenvalue weighted by Crippen LogP contribution is -2.07. The molecule has 3 nitrogen and oxygen atoms in total. The maximum absolute atomic E-state index is 8.24. The second-order valence-electron chi connectivity index (χ2n) is 8.78. The van der Waals surface area contributed by atoms with Crippen molar-refractivity contribution in [2.45, 2.75) is 13.3 Å². The normalized spacial score (nSPS) is 13.8. The van der Waals surface area contributed by atoms with E-state index >= 15 is 0 Å². The van der Waals surface area contributed by atoms with Gasteiger partial charge in [0.15, 0.2) is 11.5 Å². The van der Waals surface area contributed by atoms with Gasteiger partial charge in [0.25, 0.3) is 0 Å². The minimum absolute atomic E-state index is 0.200. The lowest BCUT2D eigenvalue weighted by Gasteiger charge is -2.21. The summed E-state index contributed by atoms with van der Waals surface area (Å²) in [5.41, 5.74) is 7.80. The van der Waals surface area contributed by atoms with Crippen molar-refractivity contribution in [2.24, 2.45) is 0 Å². The van der Waals surface area contributed by atoms with Gasteiger partial charge in [0.05, 0.1) is 18.1 Å². The predicted molar refractivity (Wildman–Crippen MR) is 147 cm³/mol. The topological polar surface area (TPSA) is 27.1 Å². The molecule has 0 radical (unpaired) electrons. The van der Waals surface area contributed by atoms with Crippen molar-refractivity contribution < 1.29 is 11.6 Å². The maximum Gasteiger partial charge on any atom is 0.153 e. The molecule has 3 heteroatoms. The molecule has 0 spiro atoms. The first-order valence-corrected chi connectivity index (χ1v) is 12.0. The summed E-state index contributed by atoms with van der Waals surface area (Å²) < 4.78 is 48.7. The van der Waals surface area contributed by atoms with Crippen molar-refractivity contribution in [2.75, 3.05) is 0 Å². The van der Waals surface area contributed by atoms with E-state index in [0.29, 0.717) is 5.56 Å². The summed E-state index contributed by atoms with van der Waals surface area (Å²) in [6, 6.07) is 26.4. The van der Waals surface area contributed by atoms with Crippen LogP contribution in [0, 0.1) is 0 Å². The molecule has 1 aliphatic rings. The average Bonchev–Trinajstić information content (AvgIpc) is 3.40. The van der Waals surface area contributed by atoms with Crippen molar-refractivity contribution in [1.82, 2.24) is 9.55 Å². The highest BCUT2D eigenvalue weighted by molar-refractivity contribution is 5.88. The lowest BCUT2D eigenvalue weighted by molar-refractivity contribution is 0.474. The number of benzene rings is 5. The molecule has 0 unspecified atom stereocenters. The largest absolute Gasteiger partial charge is 0.453 e. The standard InChI is InChI=1S/C33H24N2O/c1-2-32-34-28-9-6-10-30-33(28)35(32)29-20-19-27(21-31(29)36-30)26-17-15-25(16-18-26)24-13-11-23(12-14-24)22-7-4-3-5-8-22/h3-21H,2H2,1H3/i3D,4D,5D,7D,8D.